The predicted octanol–water partition coefficient (Wildman–Crippen LogP) is 4.89. The number of alkyl halides is 2. The lowest BCUT2D eigenvalue weighted by molar-refractivity contribution is -0.142. The second kappa shape index (κ2) is 10.2. The molecule has 2 fully saturated rings. The van der Waals surface area contributed by atoms with Gasteiger partial charge < -0.3 is 9.84 Å². The third-order valence-electron chi connectivity index (χ3n) is 5.93. The van der Waals surface area contributed by atoms with E-state index < -0.39 is 10.9 Å². The van der Waals surface area contributed by atoms with E-state index in [1.54, 1.807) is 0 Å². The number of fused-ring (bicyclic) bond motifs is 1. The largest absolute Gasteiger partial charge is 0.469 e. The van der Waals surface area contributed by atoms with Crippen LogP contribution in [0.3, 0.4) is 0 Å². The fraction of sp³-hybridized carbons (Fsp3) is 0.810. The number of aliphatic hydroxyl groups is 1. The number of Topliss-reactive ketones (excluding diaryl/α,β-unsaturated/α-hetero) is 1. The summed E-state index contributed by atoms with van der Waals surface area (Å²) in [5.74, 6) is -3.34. The zero-order valence-corrected chi connectivity index (χ0v) is 17.6. The molecule has 1 aliphatic heterocycles. The van der Waals surface area contributed by atoms with Crippen LogP contribution in [0.25, 0.3) is 0 Å². The molecule has 0 aromatic carbocycles. The van der Waals surface area contributed by atoms with E-state index in [9.17, 15) is 23.5 Å². The van der Waals surface area contributed by atoms with Gasteiger partial charge in [-0.1, -0.05) is 25.5 Å². The number of unbranched alkanes of at least 4 members (excludes halogenated alkanes) is 2. The van der Waals surface area contributed by atoms with Gasteiger partial charge in [0.15, 0.2) is 4.93 Å². The van der Waals surface area contributed by atoms with Gasteiger partial charge in [-0.25, -0.2) is 8.78 Å². The molecular formula is C21H32F2O4S. The van der Waals surface area contributed by atoms with Crippen molar-refractivity contribution in [1.82, 2.24) is 0 Å². The predicted molar refractivity (Wildman–Crippen MR) is 106 cm³/mol. The van der Waals surface area contributed by atoms with E-state index in [1.165, 1.54) is 7.11 Å². The number of ketones is 1. The van der Waals surface area contributed by atoms with E-state index in [0.29, 0.717) is 38.5 Å². The van der Waals surface area contributed by atoms with Crippen molar-refractivity contribution < 1.29 is 28.2 Å². The van der Waals surface area contributed by atoms with Crippen LogP contribution in [0.5, 0.6) is 0 Å². The van der Waals surface area contributed by atoms with Gasteiger partial charge in [0, 0.05) is 30.4 Å². The molecule has 1 unspecified atom stereocenters. The van der Waals surface area contributed by atoms with Gasteiger partial charge in [0.2, 0.25) is 0 Å². The Morgan fingerprint density at radius 1 is 1.39 bits per heavy atom. The molecule has 0 aromatic heterocycles. The number of allylic oxidation sites excluding steroid dienone is 2. The number of ether oxygens (including phenoxy) is 1. The van der Waals surface area contributed by atoms with Crippen LogP contribution < -0.4 is 0 Å². The zero-order chi connectivity index (χ0) is 20.8. The van der Waals surface area contributed by atoms with Crippen molar-refractivity contribution in [3.05, 3.63) is 12.2 Å². The monoisotopic (exact) mass is 418 g/mol. The number of rotatable bonds is 10. The molecule has 28 heavy (non-hydrogen) atoms. The van der Waals surface area contributed by atoms with Gasteiger partial charge >= 0.3 is 5.97 Å². The van der Waals surface area contributed by atoms with Crippen LogP contribution in [0.15, 0.2) is 12.2 Å². The highest BCUT2D eigenvalue weighted by atomic mass is 32.2. The molecule has 0 amide bonds. The molecular weight excluding hydrogens is 386 g/mol. The molecule has 1 saturated carbocycles. The summed E-state index contributed by atoms with van der Waals surface area (Å²) in [6, 6.07) is 0. The summed E-state index contributed by atoms with van der Waals surface area (Å²) < 4.78 is 33.7. The van der Waals surface area contributed by atoms with E-state index in [0.717, 1.165) is 18.2 Å². The number of carbonyl (C=O) groups is 2. The van der Waals surface area contributed by atoms with Gasteiger partial charge in [0.1, 0.15) is 5.78 Å². The van der Waals surface area contributed by atoms with Crippen LogP contribution in [0.4, 0.5) is 8.78 Å². The maximum absolute atomic E-state index is 14.5. The molecule has 1 N–H and O–H groups in total. The Balaban J connectivity index is 1.87. The lowest BCUT2D eigenvalue weighted by atomic mass is 9.85. The van der Waals surface area contributed by atoms with E-state index in [-0.39, 0.29) is 48.1 Å². The fourth-order valence-electron chi connectivity index (χ4n) is 4.18. The van der Waals surface area contributed by atoms with Crippen LogP contribution in [0, 0.1) is 11.8 Å². The van der Waals surface area contributed by atoms with E-state index in [1.807, 2.05) is 19.1 Å². The summed E-state index contributed by atoms with van der Waals surface area (Å²) in [4.78, 5) is 21.5. The Labute approximate surface area is 170 Å². The number of hydrogen-bond acceptors (Lipinski definition) is 5. The first-order valence-electron chi connectivity index (χ1n) is 10.3. The van der Waals surface area contributed by atoms with Crippen LogP contribution >= 0.6 is 11.8 Å². The van der Waals surface area contributed by atoms with E-state index >= 15 is 0 Å². The Bertz CT molecular complexity index is 581. The SMILES string of the molecule is CCCCC(F)(F)C1(O)CC[C@H]2[C@@H](CC(=O)[C@@H]2CC=CCCCC(=O)OC)S1. The van der Waals surface area contributed by atoms with Crippen molar-refractivity contribution in [1.29, 1.82) is 0 Å². The Morgan fingerprint density at radius 3 is 2.82 bits per heavy atom. The first-order valence-corrected chi connectivity index (χ1v) is 11.1. The molecule has 160 valence electrons. The fourth-order valence-corrected chi connectivity index (χ4v) is 5.94. The minimum atomic E-state index is -3.13. The van der Waals surface area contributed by atoms with Crippen LogP contribution in [0.1, 0.15) is 71.1 Å². The van der Waals surface area contributed by atoms with Crippen LogP contribution in [-0.4, -0.2) is 40.1 Å². The highest BCUT2D eigenvalue weighted by Crippen LogP contribution is 2.56. The average Bonchev–Trinajstić information content (AvgIpc) is 2.96. The average molecular weight is 419 g/mol. The topological polar surface area (TPSA) is 63.6 Å². The molecule has 1 saturated heterocycles. The Morgan fingerprint density at radius 2 is 2.14 bits per heavy atom. The molecule has 2 rings (SSSR count). The van der Waals surface area contributed by atoms with Gasteiger partial charge in [0.05, 0.1) is 7.11 Å². The minimum absolute atomic E-state index is 0.0299. The second-order valence-corrected chi connectivity index (χ2v) is 9.42. The van der Waals surface area contributed by atoms with Crippen molar-refractivity contribution in [2.24, 2.45) is 11.8 Å². The van der Waals surface area contributed by atoms with Gasteiger partial charge in [0.25, 0.3) is 5.92 Å². The Hall–Kier alpha value is -0.950. The summed E-state index contributed by atoms with van der Waals surface area (Å²) >= 11 is 0.932. The molecule has 4 nitrogen and oxygen atoms in total. The molecule has 1 aliphatic carbocycles. The summed E-state index contributed by atoms with van der Waals surface area (Å²) in [7, 11) is 1.36. The van der Waals surface area contributed by atoms with Gasteiger partial charge in [-0.3, -0.25) is 9.59 Å². The van der Waals surface area contributed by atoms with Crippen molar-refractivity contribution in [3.63, 3.8) is 0 Å². The zero-order valence-electron chi connectivity index (χ0n) is 16.8. The summed E-state index contributed by atoms with van der Waals surface area (Å²) in [5.41, 5.74) is 0. The second-order valence-electron chi connectivity index (χ2n) is 7.90. The third kappa shape index (κ3) is 5.56. The molecule has 0 bridgehead atoms. The smallest absolute Gasteiger partial charge is 0.305 e. The first kappa shape index (κ1) is 23.3. The number of carbonyl (C=O) groups excluding carboxylic acids is 2. The maximum atomic E-state index is 14.5. The van der Waals surface area contributed by atoms with Crippen molar-refractivity contribution in [2.45, 2.75) is 87.2 Å². The van der Waals surface area contributed by atoms with E-state index in [4.69, 9.17) is 0 Å². The molecule has 2 aliphatic rings. The number of esters is 1. The van der Waals surface area contributed by atoms with Crippen molar-refractivity contribution in [2.75, 3.05) is 7.11 Å². The van der Waals surface area contributed by atoms with Crippen molar-refractivity contribution in [3.8, 4) is 0 Å². The molecule has 4 atom stereocenters. The molecule has 7 heteroatoms. The minimum Gasteiger partial charge on any atom is -0.469 e. The van der Waals surface area contributed by atoms with Crippen molar-refractivity contribution >= 4 is 23.5 Å². The lowest BCUT2D eigenvalue weighted by Gasteiger charge is -2.43. The van der Waals surface area contributed by atoms with Gasteiger partial charge in [-0.05, 0) is 44.4 Å². The highest BCUT2D eigenvalue weighted by molar-refractivity contribution is 8.01. The maximum Gasteiger partial charge on any atom is 0.305 e. The van der Waals surface area contributed by atoms with Crippen LogP contribution in [-0.2, 0) is 14.3 Å². The molecule has 0 radical (unpaired) electrons. The van der Waals surface area contributed by atoms with Gasteiger partial charge in [-0.2, -0.15) is 0 Å². The normalized spacial score (nSPS) is 30.6. The summed E-state index contributed by atoms with van der Waals surface area (Å²) in [5, 5.41) is 10.4. The number of halogens is 2. The number of methoxy groups -OCH3 is 1. The molecule has 1 heterocycles. The quantitative estimate of drug-likeness (QED) is 0.311. The van der Waals surface area contributed by atoms with Gasteiger partial charge in [-0.15, -0.1) is 11.8 Å². The summed E-state index contributed by atoms with van der Waals surface area (Å²) in [6.07, 6.45) is 7.83. The van der Waals surface area contributed by atoms with Crippen LogP contribution in [0.2, 0.25) is 0 Å². The van der Waals surface area contributed by atoms with E-state index in [2.05, 4.69) is 4.74 Å². The number of thioether (sulfide) groups is 1. The first-order chi connectivity index (χ1) is 13.2. The lowest BCUT2D eigenvalue weighted by Crippen LogP contribution is -2.50. The highest BCUT2D eigenvalue weighted by Gasteiger charge is 2.59. The third-order valence-corrected chi connectivity index (χ3v) is 7.64. The molecule has 0 spiro atoms. The number of hydrogen-bond donors (Lipinski definition) is 1. The Kier molecular flexibility index (Phi) is 8.49. The summed E-state index contributed by atoms with van der Waals surface area (Å²) in [6.45, 7) is 1.85. The molecule has 0 aromatic rings. The standard InChI is InChI=1S/C21H32F2O4S/c1-3-4-12-20(22,23)21(26)13-11-16-15(17(24)14-18(16)28-21)9-7-5-6-8-10-19(25)27-2/h5,7,15-16,18,26H,3-4,6,8-14H2,1-2H3/t15-,16-,18-,21?/m1/s1.